The van der Waals surface area contributed by atoms with Crippen LogP contribution >= 0.6 is 0 Å². The van der Waals surface area contributed by atoms with Crippen molar-refractivity contribution in [3.63, 3.8) is 0 Å². The number of hydrogen-bond donors (Lipinski definition) is 1. The van der Waals surface area contributed by atoms with Gasteiger partial charge in [-0.3, -0.25) is 4.79 Å². The summed E-state index contributed by atoms with van der Waals surface area (Å²) >= 11 is 0. The van der Waals surface area contributed by atoms with Gasteiger partial charge in [0.15, 0.2) is 0 Å². The second kappa shape index (κ2) is 5.03. The van der Waals surface area contributed by atoms with Crippen molar-refractivity contribution in [2.24, 2.45) is 5.92 Å². The summed E-state index contributed by atoms with van der Waals surface area (Å²) in [5, 5.41) is 8.66. The number of rotatable bonds is 4. The first-order chi connectivity index (χ1) is 8.60. The monoisotopic (exact) mass is 250 g/mol. The first-order valence-electron chi connectivity index (χ1n) is 5.61. The maximum Gasteiger partial charge on any atom is 0.338 e. The van der Waals surface area contributed by atoms with Crippen LogP contribution in [-0.4, -0.2) is 42.2 Å². The molecule has 6 heteroatoms. The molecule has 0 saturated carbocycles. The fourth-order valence-corrected chi connectivity index (χ4v) is 1.97. The van der Waals surface area contributed by atoms with Crippen LogP contribution in [0.2, 0.25) is 0 Å². The molecule has 6 nitrogen and oxygen atoms in total. The second-order valence-corrected chi connectivity index (χ2v) is 4.26. The van der Waals surface area contributed by atoms with E-state index in [1.165, 1.54) is 7.11 Å². The summed E-state index contributed by atoms with van der Waals surface area (Å²) in [5.74, 6) is -0.345. The minimum atomic E-state index is -0.782. The van der Waals surface area contributed by atoms with Crippen molar-refractivity contribution >= 4 is 17.8 Å². The van der Waals surface area contributed by atoms with Crippen LogP contribution in [0.1, 0.15) is 16.8 Å². The fraction of sp³-hybridized carbons (Fsp3) is 0.417. The van der Waals surface area contributed by atoms with Gasteiger partial charge in [-0.05, 0) is 12.1 Å². The van der Waals surface area contributed by atoms with Gasteiger partial charge in [0.25, 0.3) is 0 Å². The molecule has 1 aliphatic heterocycles. The van der Waals surface area contributed by atoms with E-state index in [4.69, 9.17) is 5.11 Å². The lowest BCUT2D eigenvalue weighted by Gasteiger charge is -2.39. The summed E-state index contributed by atoms with van der Waals surface area (Å²) in [5.41, 5.74) is 0.448. The fourth-order valence-electron chi connectivity index (χ4n) is 1.97. The van der Waals surface area contributed by atoms with Crippen LogP contribution in [0.15, 0.2) is 18.3 Å². The average molecular weight is 250 g/mol. The highest BCUT2D eigenvalue weighted by molar-refractivity contribution is 5.90. The number of ether oxygens (including phenoxy) is 1. The van der Waals surface area contributed by atoms with Gasteiger partial charge in [0.1, 0.15) is 5.82 Å². The molecule has 0 aromatic carbocycles. The summed E-state index contributed by atoms with van der Waals surface area (Å²) in [6, 6.07) is 3.24. The van der Waals surface area contributed by atoms with Crippen molar-refractivity contribution in [2.45, 2.75) is 6.42 Å². The Morgan fingerprint density at radius 1 is 1.56 bits per heavy atom. The van der Waals surface area contributed by atoms with Crippen molar-refractivity contribution in [3.05, 3.63) is 23.9 Å². The SMILES string of the molecule is COC(=O)c1ccnc(N2CC(CC(=O)O)C2)c1. The normalized spacial score (nSPS) is 15.1. The largest absolute Gasteiger partial charge is 0.481 e. The third kappa shape index (κ3) is 2.58. The number of carboxylic acids is 1. The number of nitrogens with zero attached hydrogens (tertiary/aromatic N) is 2. The van der Waals surface area contributed by atoms with Crippen LogP contribution in [0, 0.1) is 5.92 Å². The average Bonchev–Trinajstić information content (AvgIpc) is 2.32. The first kappa shape index (κ1) is 12.3. The number of carboxylic acid groups (broad SMARTS) is 1. The molecule has 0 radical (unpaired) electrons. The van der Waals surface area contributed by atoms with Gasteiger partial charge in [-0.1, -0.05) is 0 Å². The molecule has 96 valence electrons. The minimum absolute atomic E-state index is 0.158. The molecule has 1 aromatic heterocycles. The molecule has 1 N–H and O–H groups in total. The van der Waals surface area contributed by atoms with E-state index in [9.17, 15) is 9.59 Å². The molecule has 0 unspecified atom stereocenters. The number of carbonyl (C=O) groups is 2. The zero-order valence-corrected chi connectivity index (χ0v) is 10.00. The molecular weight excluding hydrogens is 236 g/mol. The van der Waals surface area contributed by atoms with Gasteiger partial charge in [0.05, 0.1) is 19.1 Å². The summed E-state index contributed by atoms with van der Waals surface area (Å²) in [4.78, 5) is 28.0. The van der Waals surface area contributed by atoms with Crippen molar-refractivity contribution < 1.29 is 19.4 Å². The predicted molar refractivity (Wildman–Crippen MR) is 63.5 cm³/mol. The van der Waals surface area contributed by atoms with Gasteiger partial charge < -0.3 is 14.7 Å². The molecule has 0 amide bonds. The quantitative estimate of drug-likeness (QED) is 0.795. The number of hydrogen-bond acceptors (Lipinski definition) is 5. The highest BCUT2D eigenvalue weighted by Gasteiger charge is 2.29. The summed E-state index contributed by atoms with van der Waals surface area (Å²) < 4.78 is 4.63. The van der Waals surface area contributed by atoms with Crippen LogP contribution < -0.4 is 4.90 Å². The molecule has 18 heavy (non-hydrogen) atoms. The standard InChI is InChI=1S/C12H14N2O4/c1-18-12(17)9-2-3-13-10(5-9)14-6-8(7-14)4-11(15)16/h2-3,5,8H,4,6-7H2,1H3,(H,15,16). The van der Waals surface area contributed by atoms with E-state index in [2.05, 4.69) is 9.72 Å². The molecule has 0 atom stereocenters. The molecule has 1 aliphatic rings. The Morgan fingerprint density at radius 3 is 2.89 bits per heavy atom. The number of pyridine rings is 1. The van der Waals surface area contributed by atoms with E-state index < -0.39 is 11.9 Å². The summed E-state index contributed by atoms with van der Waals surface area (Å²) in [7, 11) is 1.33. The molecule has 2 heterocycles. The second-order valence-electron chi connectivity index (χ2n) is 4.26. The third-order valence-electron chi connectivity index (χ3n) is 2.91. The van der Waals surface area contributed by atoms with Crippen LogP contribution in [0.4, 0.5) is 5.82 Å². The number of carbonyl (C=O) groups excluding carboxylic acids is 1. The van der Waals surface area contributed by atoms with E-state index in [0.717, 1.165) is 0 Å². The van der Waals surface area contributed by atoms with Crippen molar-refractivity contribution in [3.8, 4) is 0 Å². The van der Waals surface area contributed by atoms with E-state index in [1.807, 2.05) is 4.90 Å². The Bertz CT molecular complexity index is 469. The maximum absolute atomic E-state index is 11.4. The Balaban J connectivity index is 1.99. The lowest BCUT2D eigenvalue weighted by molar-refractivity contribution is -0.138. The third-order valence-corrected chi connectivity index (χ3v) is 2.91. The Morgan fingerprint density at radius 2 is 2.28 bits per heavy atom. The first-order valence-corrected chi connectivity index (χ1v) is 5.61. The van der Waals surface area contributed by atoms with Crippen molar-refractivity contribution in [1.82, 2.24) is 4.98 Å². The number of aromatic nitrogens is 1. The number of methoxy groups -OCH3 is 1. The highest BCUT2D eigenvalue weighted by atomic mass is 16.5. The molecular formula is C12H14N2O4. The lowest BCUT2D eigenvalue weighted by Crippen LogP contribution is -2.48. The van der Waals surface area contributed by atoms with Gasteiger partial charge in [-0.2, -0.15) is 0 Å². The highest BCUT2D eigenvalue weighted by Crippen LogP contribution is 2.25. The Hall–Kier alpha value is -2.11. The molecule has 1 aromatic rings. The van der Waals surface area contributed by atoms with Gasteiger partial charge in [0.2, 0.25) is 0 Å². The van der Waals surface area contributed by atoms with Crippen LogP contribution in [0.5, 0.6) is 0 Å². The van der Waals surface area contributed by atoms with Gasteiger partial charge in [-0.25, -0.2) is 9.78 Å². The zero-order chi connectivity index (χ0) is 13.1. The smallest absolute Gasteiger partial charge is 0.338 e. The van der Waals surface area contributed by atoms with E-state index in [0.29, 0.717) is 24.5 Å². The topological polar surface area (TPSA) is 79.7 Å². The summed E-state index contributed by atoms with van der Waals surface area (Å²) in [6.07, 6.45) is 1.72. The zero-order valence-electron chi connectivity index (χ0n) is 10.00. The molecule has 0 bridgehead atoms. The van der Waals surface area contributed by atoms with Gasteiger partial charge in [0, 0.05) is 25.2 Å². The van der Waals surface area contributed by atoms with Crippen molar-refractivity contribution in [2.75, 3.05) is 25.1 Å². The van der Waals surface area contributed by atoms with Gasteiger partial charge in [-0.15, -0.1) is 0 Å². The number of aliphatic carboxylic acids is 1. The van der Waals surface area contributed by atoms with Gasteiger partial charge >= 0.3 is 11.9 Å². The summed E-state index contributed by atoms with van der Waals surface area (Å²) in [6.45, 7) is 1.31. The van der Waals surface area contributed by atoms with Crippen molar-refractivity contribution in [1.29, 1.82) is 0 Å². The molecule has 1 fully saturated rings. The lowest BCUT2D eigenvalue weighted by atomic mass is 9.96. The number of esters is 1. The number of anilines is 1. The van der Waals surface area contributed by atoms with E-state index in [-0.39, 0.29) is 12.3 Å². The Kier molecular flexibility index (Phi) is 3.45. The Labute approximate surface area is 104 Å². The minimum Gasteiger partial charge on any atom is -0.481 e. The molecule has 0 spiro atoms. The molecule has 2 rings (SSSR count). The van der Waals surface area contributed by atoms with Crippen LogP contribution in [0.25, 0.3) is 0 Å². The maximum atomic E-state index is 11.4. The van der Waals surface area contributed by atoms with Crippen LogP contribution in [0.3, 0.4) is 0 Å². The van der Waals surface area contributed by atoms with E-state index >= 15 is 0 Å². The predicted octanol–water partition coefficient (Wildman–Crippen LogP) is 0.779. The molecule has 1 saturated heterocycles. The van der Waals surface area contributed by atoms with Crippen LogP contribution in [-0.2, 0) is 9.53 Å². The van der Waals surface area contributed by atoms with E-state index in [1.54, 1.807) is 18.3 Å². The molecule has 0 aliphatic carbocycles.